The molecule has 1 fully saturated rings. The van der Waals surface area contributed by atoms with Gasteiger partial charge in [-0.1, -0.05) is 47.8 Å². The number of hydrogen-bond donors (Lipinski definition) is 0. The van der Waals surface area contributed by atoms with E-state index in [0.29, 0.717) is 34.6 Å². The second-order valence-corrected chi connectivity index (χ2v) is 8.41. The molecular weight excluding hydrogens is 419 g/mol. The van der Waals surface area contributed by atoms with Crippen molar-refractivity contribution >= 4 is 40.7 Å². The van der Waals surface area contributed by atoms with Gasteiger partial charge in [0.1, 0.15) is 6.04 Å². The van der Waals surface area contributed by atoms with Gasteiger partial charge in [0.2, 0.25) is 5.91 Å². The van der Waals surface area contributed by atoms with Gasteiger partial charge in [-0.2, -0.15) is 5.10 Å². The summed E-state index contributed by atoms with van der Waals surface area (Å²) < 4.78 is 1.78. The first kappa shape index (κ1) is 21.4. The van der Waals surface area contributed by atoms with Crippen LogP contribution in [-0.2, 0) is 11.3 Å². The first-order chi connectivity index (χ1) is 13.3. The second-order valence-electron chi connectivity index (χ2n) is 7.19. The average molecular weight is 444 g/mol. The Kier molecular flexibility index (Phi) is 6.92. The summed E-state index contributed by atoms with van der Waals surface area (Å²) in [5, 5.41) is 6.44. The van der Waals surface area contributed by atoms with Gasteiger partial charge in [0, 0.05) is 42.8 Å². The second kappa shape index (κ2) is 9.04. The van der Waals surface area contributed by atoms with Crippen LogP contribution in [-0.4, -0.2) is 51.7 Å². The average Bonchev–Trinajstić information content (AvgIpc) is 2.92. The van der Waals surface area contributed by atoms with Gasteiger partial charge in [-0.25, -0.2) is 0 Å². The Morgan fingerprint density at radius 1 is 1.14 bits per heavy atom. The molecular formula is C20H25Cl3N4O. The highest BCUT2D eigenvalue weighted by Gasteiger charge is 2.30. The summed E-state index contributed by atoms with van der Waals surface area (Å²) in [5.74, 6) is 0.106. The van der Waals surface area contributed by atoms with Gasteiger partial charge < -0.3 is 4.90 Å². The van der Waals surface area contributed by atoms with Gasteiger partial charge in [-0.15, -0.1) is 0 Å². The zero-order chi connectivity index (χ0) is 20.4. The molecule has 1 aromatic carbocycles. The number of aromatic nitrogens is 2. The van der Waals surface area contributed by atoms with Gasteiger partial charge in [-0.3, -0.25) is 14.4 Å². The molecule has 2 aromatic rings. The first-order valence-corrected chi connectivity index (χ1v) is 10.6. The van der Waals surface area contributed by atoms with Crippen LogP contribution < -0.4 is 0 Å². The number of aryl methyl sites for hydroxylation is 1. The number of amides is 1. The summed E-state index contributed by atoms with van der Waals surface area (Å²) in [6.07, 6.45) is 0.678. The number of halogens is 3. The van der Waals surface area contributed by atoms with Crippen molar-refractivity contribution < 1.29 is 4.79 Å². The van der Waals surface area contributed by atoms with Crippen molar-refractivity contribution in [3.63, 3.8) is 0 Å². The minimum absolute atomic E-state index is 0.106. The van der Waals surface area contributed by atoms with Gasteiger partial charge in [0.25, 0.3) is 0 Å². The van der Waals surface area contributed by atoms with E-state index in [1.165, 1.54) is 0 Å². The summed E-state index contributed by atoms with van der Waals surface area (Å²) in [7, 11) is 0. The lowest BCUT2D eigenvalue weighted by atomic mass is 10.1. The fourth-order valence-corrected chi connectivity index (χ4v) is 4.22. The third-order valence-corrected chi connectivity index (χ3v) is 6.43. The van der Waals surface area contributed by atoms with E-state index in [4.69, 9.17) is 34.8 Å². The van der Waals surface area contributed by atoms with Gasteiger partial charge in [0.05, 0.1) is 16.4 Å². The highest BCUT2D eigenvalue weighted by atomic mass is 35.5. The van der Waals surface area contributed by atoms with Crippen LogP contribution >= 0.6 is 34.8 Å². The topological polar surface area (TPSA) is 41.4 Å². The number of carbonyl (C=O) groups is 1. The molecule has 1 aromatic heterocycles. The van der Waals surface area contributed by atoms with E-state index in [0.717, 1.165) is 36.6 Å². The molecule has 152 valence electrons. The maximum Gasteiger partial charge on any atom is 0.247 e. The third-order valence-electron chi connectivity index (χ3n) is 5.30. The van der Waals surface area contributed by atoms with Crippen LogP contribution in [0.5, 0.6) is 0 Å². The number of rotatable bonds is 5. The number of carbonyl (C=O) groups excluding carboxylic acids is 1. The Balaban J connectivity index is 1.63. The highest BCUT2D eigenvalue weighted by Crippen LogP contribution is 2.26. The summed E-state index contributed by atoms with van der Waals surface area (Å²) in [6, 6.07) is 5.27. The minimum atomic E-state index is -0.316. The van der Waals surface area contributed by atoms with Crippen molar-refractivity contribution in [3.05, 3.63) is 50.2 Å². The van der Waals surface area contributed by atoms with Crippen LogP contribution in [0.25, 0.3) is 0 Å². The molecule has 1 aliphatic heterocycles. The van der Waals surface area contributed by atoms with Crippen molar-refractivity contribution in [1.82, 2.24) is 19.6 Å². The molecule has 0 spiro atoms. The number of piperazine rings is 1. The van der Waals surface area contributed by atoms with Gasteiger partial charge in [-0.05, 0) is 38.0 Å². The zero-order valence-electron chi connectivity index (χ0n) is 16.4. The van der Waals surface area contributed by atoms with Crippen molar-refractivity contribution in [2.75, 3.05) is 26.2 Å². The molecule has 1 aliphatic rings. The van der Waals surface area contributed by atoms with Crippen molar-refractivity contribution in [3.8, 4) is 0 Å². The van der Waals surface area contributed by atoms with Crippen LogP contribution in [0.15, 0.2) is 18.2 Å². The van der Waals surface area contributed by atoms with Crippen LogP contribution in [0.1, 0.15) is 36.3 Å². The Morgan fingerprint density at radius 3 is 2.36 bits per heavy atom. The monoisotopic (exact) mass is 442 g/mol. The fraction of sp³-hybridized carbons (Fsp3) is 0.500. The summed E-state index contributed by atoms with van der Waals surface area (Å²) in [6.45, 7) is 9.52. The lowest BCUT2D eigenvalue weighted by Crippen LogP contribution is -2.50. The van der Waals surface area contributed by atoms with Crippen molar-refractivity contribution in [2.24, 2.45) is 0 Å². The zero-order valence-corrected chi connectivity index (χ0v) is 18.7. The number of benzene rings is 1. The molecule has 2 heterocycles. The Bertz CT molecular complexity index is 859. The molecule has 5 nitrogen and oxygen atoms in total. The molecule has 1 atom stereocenters. The minimum Gasteiger partial charge on any atom is -0.338 e. The number of hydrogen-bond acceptors (Lipinski definition) is 3. The molecule has 0 aliphatic carbocycles. The number of nitrogens with zero attached hydrogens (tertiary/aromatic N) is 4. The molecule has 0 bridgehead atoms. The van der Waals surface area contributed by atoms with E-state index in [1.54, 1.807) is 10.7 Å². The van der Waals surface area contributed by atoms with E-state index in [1.807, 2.05) is 37.8 Å². The van der Waals surface area contributed by atoms with Gasteiger partial charge >= 0.3 is 0 Å². The Morgan fingerprint density at radius 2 is 1.82 bits per heavy atom. The van der Waals surface area contributed by atoms with E-state index >= 15 is 0 Å². The van der Waals surface area contributed by atoms with E-state index in [-0.39, 0.29) is 11.9 Å². The van der Waals surface area contributed by atoms with Crippen molar-refractivity contribution in [2.45, 2.75) is 39.8 Å². The predicted octanol–water partition coefficient (Wildman–Crippen LogP) is 4.76. The molecule has 1 amide bonds. The quantitative estimate of drug-likeness (QED) is 0.669. The largest absolute Gasteiger partial charge is 0.338 e. The SMILES string of the molecule is CCC(C(=O)N1CCN(Cc2ccc(Cl)cc2Cl)CC1)n1nc(C)c(Cl)c1C. The van der Waals surface area contributed by atoms with Crippen molar-refractivity contribution in [1.29, 1.82) is 0 Å². The third kappa shape index (κ3) is 4.48. The first-order valence-electron chi connectivity index (χ1n) is 9.48. The molecule has 0 radical (unpaired) electrons. The summed E-state index contributed by atoms with van der Waals surface area (Å²) in [4.78, 5) is 17.4. The molecule has 28 heavy (non-hydrogen) atoms. The molecule has 0 N–H and O–H groups in total. The Hall–Kier alpha value is -1.27. The molecule has 8 heteroatoms. The smallest absolute Gasteiger partial charge is 0.247 e. The van der Waals surface area contributed by atoms with Crippen LogP contribution in [0, 0.1) is 13.8 Å². The van der Waals surface area contributed by atoms with E-state index < -0.39 is 0 Å². The van der Waals surface area contributed by atoms with E-state index in [9.17, 15) is 4.79 Å². The lowest BCUT2D eigenvalue weighted by molar-refractivity contribution is -0.137. The van der Waals surface area contributed by atoms with Gasteiger partial charge in [0.15, 0.2) is 0 Å². The van der Waals surface area contributed by atoms with Crippen LogP contribution in [0.3, 0.4) is 0 Å². The summed E-state index contributed by atoms with van der Waals surface area (Å²) in [5.41, 5.74) is 2.65. The lowest BCUT2D eigenvalue weighted by Gasteiger charge is -2.36. The van der Waals surface area contributed by atoms with E-state index in [2.05, 4.69) is 10.00 Å². The normalized spacial score (nSPS) is 16.4. The maximum absolute atomic E-state index is 13.1. The molecule has 0 saturated carbocycles. The standard InChI is InChI=1S/C20H25Cl3N4O/c1-4-18(27-14(3)19(23)13(2)24-27)20(28)26-9-7-25(8-10-26)12-15-5-6-16(21)11-17(15)22/h5-6,11,18H,4,7-10,12H2,1-3H3. The van der Waals surface area contributed by atoms with Crippen LogP contribution in [0.4, 0.5) is 0 Å². The maximum atomic E-state index is 13.1. The molecule has 3 rings (SSSR count). The molecule has 1 saturated heterocycles. The van der Waals surface area contributed by atoms with Crippen LogP contribution in [0.2, 0.25) is 15.1 Å². The summed E-state index contributed by atoms with van der Waals surface area (Å²) >= 11 is 18.5. The predicted molar refractivity (Wildman–Crippen MR) is 114 cm³/mol. The Labute approximate surface area is 181 Å². The highest BCUT2D eigenvalue weighted by molar-refractivity contribution is 6.35. The molecule has 1 unspecified atom stereocenters. The fourth-order valence-electron chi connectivity index (χ4n) is 3.63.